The summed E-state index contributed by atoms with van der Waals surface area (Å²) in [6.45, 7) is 0. The van der Waals surface area contributed by atoms with Crippen molar-refractivity contribution in [3.8, 4) is 23.0 Å². The third-order valence-electron chi connectivity index (χ3n) is 8.01. The number of nitriles is 1. The zero-order valence-corrected chi connectivity index (χ0v) is 22.6. The van der Waals surface area contributed by atoms with E-state index in [9.17, 15) is 5.26 Å². The first kappa shape index (κ1) is 23.9. The summed E-state index contributed by atoms with van der Waals surface area (Å²) in [4.78, 5) is 6.88. The minimum absolute atomic E-state index is 0.633. The molecule has 42 heavy (non-hydrogen) atoms. The van der Waals surface area contributed by atoms with Crippen molar-refractivity contribution in [3.63, 3.8) is 0 Å². The maximum absolute atomic E-state index is 9.49. The first-order valence-corrected chi connectivity index (χ1v) is 14.0. The molecule has 0 aliphatic heterocycles. The SMILES string of the molecule is N#Cc1ccc(N(c2cccc(-c3ccccn3)c2)c2ccc3c4c2ccc2cccc(c24)n3-c2ccccc2)cc1. The van der Waals surface area contributed by atoms with E-state index < -0.39 is 0 Å². The van der Waals surface area contributed by atoms with Crippen LogP contribution in [0, 0.1) is 11.3 Å². The number of anilines is 3. The number of rotatable bonds is 5. The van der Waals surface area contributed by atoms with Gasteiger partial charge >= 0.3 is 0 Å². The van der Waals surface area contributed by atoms with Crippen LogP contribution in [-0.4, -0.2) is 9.55 Å². The quantitative estimate of drug-likeness (QED) is 0.206. The zero-order valence-electron chi connectivity index (χ0n) is 22.6. The lowest BCUT2D eigenvalue weighted by Gasteiger charge is -2.27. The maximum Gasteiger partial charge on any atom is 0.0991 e. The summed E-state index contributed by atoms with van der Waals surface area (Å²) in [5.41, 5.74) is 9.18. The largest absolute Gasteiger partial charge is 0.310 e. The molecule has 8 rings (SSSR count). The molecule has 0 spiro atoms. The predicted molar refractivity (Wildman–Crippen MR) is 172 cm³/mol. The fourth-order valence-electron chi connectivity index (χ4n) is 6.17. The van der Waals surface area contributed by atoms with Crippen molar-refractivity contribution in [1.82, 2.24) is 9.55 Å². The molecule has 0 atom stereocenters. The van der Waals surface area contributed by atoms with Crippen LogP contribution in [0.5, 0.6) is 0 Å². The molecule has 2 aromatic heterocycles. The van der Waals surface area contributed by atoms with E-state index in [0.29, 0.717) is 5.56 Å². The van der Waals surface area contributed by atoms with Crippen LogP contribution in [0.3, 0.4) is 0 Å². The molecule has 0 aliphatic rings. The second kappa shape index (κ2) is 9.62. The van der Waals surface area contributed by atoms with Gasteiger partial charge in [0.25, 0.3) is 0 Å². The Hall–Kier alpha value is -5.92. The highest BCUT2D eigenvalue weighted by Crippen LogP contribution is 2.46. The predicted octanol–water partition coefficient (Wildman–Crippen LogP) is 9.78. The van der Waals surface area contributed by atoms with E-state index in [2.05, 4.69) is 118 Å². The Morgan fingerprint density at radius 2 is 1.43 bits per heavy atom. The van der Waals surface area contributed by atoms with Gasteiger partial charge in [-0.3, -0.25) is 4.98 Å². The third-order valence-corrected chi connectivity index (χ3v) is 8.01. The van der Waals surface area contributed by atoms with Crippen LogP contribution in [0.1, 0.15) is 5.56 Å². The Morgan fingerprint density at radius 1 is 0.619 bits per heavy atom. The molecule has 8 aromatic rings. The highest BCUT2D eigenvalue weighted by atomic mass is 15.1. The number of hydrogen-bond acceptors (Lipinski definition) is 3. The monoisotopic (exact) mass is 536 g/mol. The van der Waals surface area contributed by atoms with Crippen molar-refractivity contribution in [2.75, 3.05) is 4.90 Å². The minimum atomic E-state index is 0.633. The molecule has 196 valence electrons. The molecular weight excluding hydrogens is 512 g/mol. The molecule has 0 amide bonds. The van der Waals surface area contributed by atoms with Gasteiger partial charge in [-0.1, -0.05) is 60.7 Å². The fraction of sp³-hybridized carbons (Fsp3) is 0. The van der Waals surface area contributed by atoms with Gasteiger partial charge in [0, 0.05) is 45.0 Å². The van der Waals surface area contributed by atoms with Gasteiger partial charge < -0.3 is 9.47 Å². The van der Waals surface area contributed by atoms with Crippen molar-refractivity contribution in [1.29, 1.82) is 5.26 Å². The normalized spacial score (nSPS) is 11.3. The number of pyridine rings is 1. The molecule has 4 nitrogen and oxygen atoms in total. The molecule has 0 radical (unpaired) electrons. The van der Waals surface area contributed by atoms with E-state index in [1.54, 1.807) is 0 Å². The lowest BCUT2D eigenvalue weighted by atomic mass is 9.99. The Balaban J connectivity index is 1.42. The second-order valence-electron chi connectivity index (χ2n) is 10.4. The molecule has 0 fully saturated rings. The van der Waals surface area contributed by atoms with Crippen molar-refractivity contribution in [3.05, 3.63) is 151 Å². The summed E-state index contributed by atoms with van der Waals surface area (Å²) in [6, 6.07) is 50.5. The van der Waals surface area contributed by atoms with E-state index >= 15 is 0 Å². The summed E-state index contributed by atoms with van der Waals surface area (Å²) in [5, 5.41) is 14.4. The van der Waals surface area contributed by atoms with Crippen LogP contribution >= 0.6 is 0 Å². The summed E-state index contributed by atoms with van der Waals surface area (Å²) in [5.74, 6) is 0. The van der Waals surface area contributed by atoms with Crippen LogP contribution in [-0.2, 0) is 0 Å². The standard InChI is InChI=1S/C38H24N4/c39-25-26-15-18-30(19-16-26)41(31-12-6-9-28(24-31)33-13-4-5-23-40-33)34-21-22-36-38-32(34)20-17-27-8-7-14-35(37(27)38)42(36)29-10-2-1-3-11-29/h1-24H. The lowest BCUT2D eigenvalue weighted by molar-refractivity contribution is 1.18. The van der Waals surface area contributed by atoms with Crippen LogP contribution < -0.4 is 4.90 Å². The highest BCUT2D eigenvalue weighted by Gasteiger charge is 2.22. The first-order valence-electron chi connectivity index (χ1n) is 14.0. The Morgan fingerprint density at radius 3 is 2.24 bits per heavy atom. The number of para-hydroxylation sites is 1. The van der Waals surface area contributed by atoms with Gasteiger partial charge in [0.05, 0.1) is 34.0 Å². The van der Waals surface area contributed by atoms with Gasteiger partial charge in [-0.2, -0.15) is 5.26 Å². The van der Waals surface area contributed by atoms with Gasteiger partial charge in [-0.15, -0.1) is 0 Å². The molecule has 0 saturated carbocycles. The Bertz CT molecular complexity index is 2240. The zero-order chi connectivity index (χ0) is 28.0. The average molecular weight is 537 g/mol. The molecule has 0 unspecified atom stereocenters. The van der Waals surface area contributed by atoms with Crippen molar-refractivity contribution >= 4 is 49.6 Å². The molecule has 0 N–H and O–H groups in total. The van der Waals surface area contributed by atoms with Gasteiger partial charge in [-0.25, -0.2) is 0 Å². The molecule has 6 aromatic carbocycles. The van der Waals surface area contributed by atoms with Gasteiger partial charge in [-0.05, 0) is 84.2 Å². The van der Waals surface area contributed by atoms with E-state index in [0.717, 1.165) is 34.0 Å². The Labute approximate surface area is 243 Å². The van der Waals surface area contributed by atoms with Crippen LogP contribution in [0.15, 0.2) is 146 Å². The van der Waals surface area contributed by atoms with Crippen molar-refractivity contribution < 1.29 is 0 Å². The van der Waals surface area contributed by atoms with Gasteiger partial charge in [0.15, 0.2) is 0 Å². The Kier molecular flexibility index (Phi) is 5.48. The highest BCUT2D eigenvalue weighted by molar-refractivity contribution is 6.26. The average Bonchev–Trinajstić information content (AvgIpc) is 3.41. The lowest BCUT2D eigenvalue weighted by Crippen LogP contribution is -2.10. The van der Waals surface area contributed by atoms with Gasteiger partial charge in [0.2, 0.25) is 0 Å². The smallest absolute Gasteiger partial charge is 0.0991 e. The van der Waals surface area contributed by atoms with E-state index in [1.807, 2.05) is 48.7 Å². The molecule has 0 saturated heterocycles. The number of hydrogen-bond donors (Lipinski definition) is 0. The third kappa shape index (κ3) is 3.72. The summed E-state index contributed by atoms with van der Waals surface area (Å²) >= 11 is 0. The molecular formula is C38H24N4. The fourth-order valence-corrected chi connectivity index (χ4v) is 6.17. The molecule has 0 aliphatic carbocycles. The van der Waals surface area contributed by atoms with Crippen molar-refractivity contribution in [2.24, 2.45) is 0 Å². The van der Waals surface area contributed by atoms with Crippen LogP contribution in [0.4, 0.5) is 17.1 Å². The number of aromatic nitrogens is 2. The van der Waals surface area contributed by atoms with Crippen molar-refractivity contribution in [2.45, 2.75) is 0 Å². The van der Waals surface area contributed by atoms with E-state index in [1.165, 1.54) is 32.6 Å². The van der Waals surface area contributed by atoms with Gasteiger partial charge in [0.1, 0.15) is 0 Å². The minimum Gasteiger partial charge on any atom is -0.310 e. The molecule has 4 heteroatoms. The molecule has 0 bridgehead atoms. The van der Waals surface area contributed by atoms with E-state index in [4.69, 9.17) is 0 Å². The summed E-state index contributed by atoms with van der Waals surface area (Å²) < 4.78 is 2.36. The number of benzene rings is 6. The first-order chi connectivity index (χ1) is 20.8. The van der Waals surface area contributed by atoms with Crippen LogP contribution in [0.2, 0.25) is 0 Å². The molecule has 2 heterocycles. The van der Waals surface area contributed by atoms with E-state index in [-0.39, 0.29) is 0 Å². The summed E-state index contributed by atoms with van der Waals surface area (Å²) in [7, 11) is 0. The topological polar surface area (TPSA) is 44.9 Å². The maximum atomic E-state index is 9.49. The van der Waals surface area contributed by atoms with Crippen LogP contribution in [0.25, 0.3) is 49.5 Å². The summed E-state index contributed by atoms with van der Waals surface area (Å²) in [6.07, 6.45) is 1.82. The number of nitrogens with zero attached hydrogens (tertiary/aromatic N) is 4. The second-order valence-corrected chi connectivity index (χ2v) is 10.4.